The second-order valence-corrected chi connectivity index (χ2v) is 17.8. The number of hydrogen-bond donors (Lipinski definition) is 0. The molecule has 0 atom stereocenters. The van der Waals surface area contributed by atoms with Crippen molar-refractivity contribution in [2.24, 2.45) is 0 Å². The zero-order chi connectivity index (χ0) is 36.9. The summed E-state index contributed by atoms with van der Waals surface area (Å²) in [6.45, 7) is 4.89. The largest absolute Gasteiger partial charge is 0.456 e. The fraction of sp³-hybridized carbons (Fsp3) is 0.0588. The highest BCUT2D eigenvalue weighted by Gasteiger charge is 2.42. The van der Waals surface area contributed by atoms with Gasteiger partial charge in [-0.2, -0.15) is 0 Å². The first-order valence-electron chi connectivity index (χ1n) is 19.2. The van der Waals surface area contributed by atoms with Crippen LogP contribution >= 0.6 is 23.5 Å². The Labute approximate surface area is 331 Å². The van der Waals surface area contributed by atoms with Gasteiger partial charge in [-0.25, -0.2) is 0 Å². The van der Waals surface area contributed by atoms with E-state index < -0.39 is 0 Å². The number of benzene rings is 8. The number of rotatable bonds is 2. The number of aromatic nitrogens is 2. The number of hydrogen-bond acceptors (Lipinski definition) is 3. The molecule has 11 aromatic rings. The summed E-state index contributed by atoms with van der Waals surface area (Å²) < 4.78 is 11.2. The highest BCUT2D eigenvalue weighted by atomic mass is 32.2. The van der Waals surface area contributed by atoms with Gasteiger partial charge in [-0.15, -0.1) is 0 Å². The lowest BCUT2D eigenvalue weighted by atomic mass is 9.81. The van der Waals surface area contributed by atoms with Crippen molar-refractivity contribution in [3.05, 3.63) is 169 Å². The predicted octanol–water partition coefficient (Wildman–Crippen LogP) is 14.7. The smallest absolute Gasteiger partial charge is 0.135 e. The zero-order valence-electron chi connectivity index (χ0n) is 30.6. The summed E-state index contributed by atoms with van der Waals surface area (Å²) in [5, 5.41) is 7.31. The first-order valence-corrected chi connectivity index (χ1v) is 20.8. The summed E-state index contributed by atoms with van der Waals surface area (Å²) in [6, 6.07) is 58.1. The van der Waals surface area contributed by atoms with Gasteiger partial charge in [-0.3, -0.25) is 0 Å². The predicted molar refractivity (Wildman–Crippen MR) is 235 cm³/mol. The third-order valence-corrected chi connectivity index (χ3v) is 14.9. The van der Waals surface area contributed by atoms with E-state index in [0.717, 1.165) is 27.6 Å². The second-order valence-electron chi connectivity index (χ2n) is 15.7. The SMILES string of the molecule is CC1(C)c2c(ccc3c2Sc2ccccc2S3)-c2ccc3c4ccccc4n(-c4ccc5c(c4)c4ccccc4n5-c4ccc5oc6ccccc6c5c4)c3c21. The van der Waals surface area contributed by atoms with Crippen molar-refractivity contribution >= 4 is 89.1 Å². The van der Waals surface area contributed by atoms with Gasteiger partial charge in [0.05, 0.1) is 22.1 Å². The van der Waals surface area contributed by atoms with Crippen LogP contribution in [0.4, 0.5) is 0 Å². The van der Waals surface area contributed by atoms with Crippen LogP contribution in [0, 0.1) is 0 Å². The van der Waals surface area contributed by atoms with E-state index in [1.54, 1.807) is 0 Å². The number of fused-ring (bicyclic) bond motifs is 16. The van der Waals surface area contributed by atoms with Crippen LogP contribution in [0.1, 0.15) is 25.0 Å². The summed E-state index contributed by atoms with van der Waals surface area (Å²) in [4.78, 5) is 5.44. The Morgan fingerprint density at radius 2 is 1.02 bits per heavy atom. The molecule has 1 aliphatic heterocycles. The standard InChI is InChI=1S/C51H32N2OS2/c1-51(2)47-34(35-23-26-46-50(48(35)51)56-45-18-10-9-17-44(45)55-46)21-22-36-31-11-3-7-15-40(31)53(49(36)47)30-19-24-41-37(27-30)32-12-4-6-14-39(32)52(41)29-20-25-43-38(28-29)33-13-5-8-16-42(33)54-43/h3-28H,1-2H3. The Balaban J connectivity index is 1.06. The molecule has 264 valence electrons. The average molecular weight is 753 g/mol. The minimum atomic E-state index is -0.225. The van der Waals surface area contributed by atoms with Crippen LogP contribution in [0.3, 0.4) is 0 Å². The third-order valence-electron chi connectivity index (χ3n) is 12.3. The van der Waals surface area contributed by atoms with Crippen molar-refractivity contribution < 1.29 is 4.42 Å². The second kappa shape index (κ2) is 11.0. The number of furan rings is 1. The maximum atomic E-state index is 6.22. The molecule has 0 unspecified atom stereocenters. The van der Waals surface area contributed by atoms with E-state index in [-0.39, 0.29) is 5.41 Å². The molecule has 0 fully saturated rings. The van der Waals surface area contributed by atoms with Gasteiger partial charge in [0.1, 0.15) is 11.2 Å². The quantitative estimate of drug-likeness (QED) is 0.176. The van der Waals surface area contributed by atoms with Gasteiger partial charge in [0.15, 0.2) is 0 Å². The van der Waals surface area contributed by atoms with Crippen LogP contribution in [0.15, 0.2) is 182 Å². The third kappa shape index (κ3) is 4.01. The highest BCUT2D eigenvalue weighted by Crippen LogP contribution is 2.60. The Morgan fingerprint density at radius 1 is 0.429 bits per heavy atom. The molecular formula is C51H32N2OS2. The molecule has 8 aromatic carbocycles. The normalized spacial score (nSPS) is 14.2. The first-order chi connectivity index (χ1) is 27.5. The van der Waals surface area contributed by atoms with Crippen LogP contribution in [0.25, 0.3) is 88.1 Å². The molecule has 3 aromatic heterocycles. The fourth-order valence-corrected chi connectivity index (χ4v) is 12.5. The van der Waals surface area contributed by atoms with Gasteiger partial charge in [0, 0.05) is 68.7 Å². The molecule has 0 saturated heterocycles. The van der Waals surface area contributed by atoms with Gasteiger partial charge in [0.2, 0.25) is 0 Å². The van der Waals surface area contributed by atoms with Crippen LogP contribution in [0.5, 0.6) is 0 Å². The topological polar surface area (TPSA) is 23.0 Å². The number of nitrogens with zero attached hydrogens (tertiary/aromatic N) is 2. The van der Waals surface area contributed by atoms with Gasteiger partial charge >= 0.3 is 0 Å². The Morgan fingerprint density at radius 3 is 1.86 bits per heavy atom. The van der Waals surface area contributed by atoms with Crippen molar-refractivity contribution in [1.82, 2.24) is 9.13 Å². The summed E-state index contributed by atoms with van der Waals surface area (Å²) >= 11 is 3.85. The summed E-state index contributed by atoms with van der Waals surface area (Å²) in [7, 11) is 0. The molecule has 0 amide bonds. The first kappa shape index (κ1) is 31.1. The molecule has 0 bridgehead atoms. The highest BCUT2D eigenvalue weighted by molar-refractivity contribution is 8.05. The Kier molecular flexibility index (Phi) is 6.11. The van der Waals surface area contributed by atoms with Crippen molar-refractivity contribution in [3.63, 3.8) is 0 Å². The zero-order valence-corrected chi connectivity index (χ0v) is 32.3. The molecule has 13 rings (SSSR count). The van der Waals surface area contributed by atoms with E-state index in [9.17, 15) is 0 Å². The van der Waals surface area contributed by atoms with Gasteiger partial charge in [-0.1, -0.05) is 122 Å². The van der Waals surface area contributed by atoms with Gasteiger partial charge < -0.3 is 13.6 Å². The Hall–Kier alpha value is -6.14. The van der Waals surface area contributed by atoms with Crippen molar-refractivity contribution in [2.75, 3.05) is 0 Å². The lowest BCUT2D eigenvalue weighted by Gasteiger charge is -2.28. The molecule has 0 radical (unpaired) electrons. The van der Waals surface area contributed by atoms with Gasteiger partial charge in [-0.05, 0) is 95.1 Å². The molecule has 2 aliphatic rings. The molecule has 3 nitrogen and oxygen atoms in total. The maximum Gasteiger partial charge on any atom is 0.135 e. The Bertz CT molecular complexity index is 3530. The van der Waals surface area contributed by atoms with E-state index >= 15 is 0 Å². The molecule has 0 saturated carbocycles. The van der Waals surface area contributed by atoms with Crippen LogP contribution < -0.4 is 0 Å². The monoisotopic (exact) mass is 752 g/mol. The van der Waals surface area contributed by atoms with Crippen molar-refractivity contribution in [2.45, 2.75) is 38.8 Å². The van der Waals surface area contributed by atoms with Gasteiger partial charge in [0.25, 0.3) is 0 Å². The van der Waals surface area contributed by atoms with E-state index in [2.05, 4.69) is 169 Å². The number of para-hydroxylation sites is 3. The van der Waals surface area contributed by atoms with E-state index in [0.29, 0.717) is 0 Å². The molecule has 0 spiro atoms. The fourth-order valence-electron chi connectivity index (χ4n) is 9.98. The van der Waals surface area contributed by atoms with Crippen LogP contribution in [0.2, 0.25) is 0 Å². The lowest BCUT2D eigenvalue weighted by molar-refractivity contribution is 0.645. The maximum absolute atomic E-state index is 6.22. The minimum Gasteiger partial charge on any atom is -0.456 e. The molecule has 0 N–H and O–H groups in total. The molecular weight excluding hydrogens is 721 g/mol. The average Bonchev–Trinajstić information content (AvgIpc) is 3.94. The van der Waals surface area contributed by atoms with E-state index in [1.165, 1.54) is 91.1 Å². The van der Waals surface area contributed by atoms with Crippen molar-refractivity contribution in [3.8, 4) is 22.5 Å². The molecule has 56 heavy (non-hydrogen) atoms. The summed E-state index contributed by atoms with van der Waals surface area (Å²) in [6.07, 6.45) is 0. The summed E-state index contributed by atoms with van der Waals surface area (Å²) in [5.74, 6) is 0. The molecule has 4 heterocycles. The van der Waals surface area contributed by atoms with Crippen LogP contribution in [-0.4, -0.2) is 9.13 Å². The minimum absolute atomic E-state index is 0.225. The molecule has 5 heteroatoms. The van der Waals surface area contributed by atoms with E-state index in [4.69, 9.17) is 4.42 Å². The van der Waals surface area contributed by atoms with E-state index in [1.807, 2.05) is 35.7 Å². The summed E-state index contributed by atoms with van der Waals surface area (Å²) in [5.41, 5.74) is 14.3. The van der Waals surface area contributed by atoms with Crippen molar-refractivity contribution in [1.29, 1.82) is 0 Å². The molecule has 1 aliphatic carbocycles. The van der Waals surface area contributed by atoms with Crippen LogP contribution in [-0.2, 0) is 5.41 Å². The lowest BCUT2D eigenvalue weighted by Crippen LogP contribution is -2.18.